The minimum atomic E-state index is -2.11. The van der Waals surface area contributed by atoms with Gasteiger partial charge < -0.3 is 29.2 Å². The third-order valence-electron chi connectivity index (χ3n) is 9.47. The summed E-state index contributed by atoms with van der Waals surface area (Å²) in [5.74, 6) is -7.30. The molecule has 5 aliphatic rings. The van der Waals surface area contributed by atoms with Gasteiger partial charge >= 0.3 is 17.9 Å². The lowest BCUT2D eigenvalue weighted by molar-refractivity contribution is -0.344. The second kappa shape index (κ2) is 8.22. The molecule has 2 saturated heterocycles. The fraction of sp³-hybridized carbons (Fsp3) is 0.704. The molecule has 0 aromatic carbocycles. The highest BCUT2D eigenvalue weighted by Gasteiger charge is 2.84. The maximum atomic E-state index is 13.4. The Morgan fingerprint density at radius 3 is 2.49 bits per heavy atom. The van der Waals surface area contributed by atoms with Gasteiger partial charge in [-0.05, 0) is 38.7 Å². The molecular formula is C27H34O10. The molecule has 10 heteroatoms. The van der Waals surface area contributed by atoms with Gasteiger partial charge in [0.2, 0.25) is 0 Å². The van der Waals surface area contributed by atoms with Crippen LogP contribution in [0, 0.1) is 34.5 Å². The van der Waals surface area contributed by atoms with Crippen LogP contribution in [0.4, 0.5) is 0 Å². The number of hydrogen-bond donors (Lipinski definition) is 2. The summed E-state index contributed by atoms with van der Waals surface area (Å²) >= 11 is 0. The molecule has 0 aromatic rings. The average Bonchev–Trinajstić information content (AvgIpc) is 3.07. The van der Waals surface area contributed by atoms with Crippen molar-refractivity contribution in [3.63, 3.8) is 0 Å². The minimum absolute atomic E-state index is 0.0406. The number of aliphatic hydroxyl groups excluding tert-OH is 1. The maximum absolute atomic E-state index is 13.4. The average molecular weight is 519 g/mol. The van der Waals surface area contributed by atoms with Gasteiger partial charge in [-0.2, -0.15) is 0 Å². The summed E-state index contributed by atoms with van der Waals surface area (Å²) in [4.78, 5) is 51.5. The number of allylic oxidation sites excluding steroid dienone is 1. The zero-order valence-corrected chi connectivity index (χ0v) is 21.8. The second-order valence-electron chi connectivity index (χ2n) is 11.9. The fourth-order valence-electron chi connectivity index (χ4n) is 8.52. The van der Waals surface area contributed by atoms with E-state index >= 15 is 0 Å². The largest absolute Gasteiger partial charge is 0.458 e. The Hall–Kier alpha value is -2.56. The van der Waals surface area contributed by atoms with E-state index in [0.29, 0.717) is 11.1 Å². The number of hydrogen-bond acceptors (Lipinski definition) is 10. The molecule has 2 heterocycles. The molecule has 1 spiro atoms. The Kier molecular flexibility index (Phi) is 5.79. The van der Waals surface area contributed by atoms with Crippen LogP contribution < -0.4 is 0 Å². The Bertz CT molecular complexity index is 1140. The van der Waals surface area contributed by atoms with Gasteiger partial charge in [0.1, 0.15) is 18.3 Å². The Labute approximate surface area is 215 Å². The Morgan fingerprint density at radius 2 is 1.86 bits per heavy atom. The monoisotopic (exact) mass is 518 g/mol. The van der Waals surface area contributed by atoms with Crippen molar-refractivity contribution in [3.05, 3.63) is 23.3 Å². The third-order valence-corrected chi connectivity index (χ3v) is 9.47. The molecule has 0 aromatic heterocycles. The molecule has 0 amide bonds. The van der Waals surface area contributed by atoms with Crippen molar-refractivity contribution in [2.75, 3.05) is 6.61 Å². The summed E-state index contributed by atoms with van der Waals surface area (Å²) in [6.45, 7) is 9.72. The fourth-order valence-corrected chi connectivity index (χ4v) is 8.52. The van der Waals surface area contributed by atoms with Gasteiger partial charge in [-0.15, -0.1) is 0 Å². The first kappa shape index (κ1) is 26.1. The van der Waals surface area contributed by atoms with Crippen LogP contribution in [0.1, 0.15) is 48.0 Å². The highest BCUT2D eigenvalue weighted by molar-refractivity contribution is 5.97. The summed E-state index contributed by atoms with van der Waals surface area (Å²) in [5, 5.41) is 23.3. The van der Waals surface area contributed by atoms with Gasteiger partial charge in [-0.25, -0.2) is 4.79 Å². The molecule has 5 rings (SSSR count). The lowest BCUT2D eigenvalue weighted by Gasteiger charge is -2.68. The molecule has 10 nitrogen and oxygen atoms in total. The molecular weight excluding hydrogens is 484 g/mol. The van der Waals surface area contributed by atoms with E-state index in [0.717, 1.165) is 0 Å². The Balaban J connectivity index is 1.80. The summed E-state index contributed by atoms with van der Waals surface area (Å²) in [5.41, 5.74) is -1.26. The molecule has 2 N–H and O–H groups in total. The van der Waals surface area contributed by atoms with Crippen molar-refractivity contribution in [2.24, 2.45) is 34.5 Å². The minimum Gasteiger partial charge on any atom is -0.458 e. The lowest BCUT2D eigenvalue weighted by atomic mass is 9.37. The molecule has 202 valence electrons. The van der Waals surface area contributed by atoms with Gasteiger partial charge in [0.05, 0.1) is 6.61 Å². The number of fused-ring (bicyclic) bond motifs is 1. The standard InChI is InChI=1S/C27H34O10/c1-11(2)7-17(30)36-20-19-12(3)8-16(29)22(35-14(5)28)25(19,6)24-26-10-34-27(24,33)21(32)13(4)15(26)9-18(31)37-23(20)26/h7-8,13,15,19-24,32-33H,9-10H2,1-6H3. The molecule has 2 saturated carbocycles. The number of carbonyl (C=O) groups is 4. The van der Waals surface area contributed by atoms with Crippen molar-refractivity contribution in [1.29, 1.82) is 0 Å². The molecule has 4 fully saturated rings. The first-order valence-electron chi connectivity index (χ1n) is 12.7. The van der Waals surface area contributed by atoms with E-state index in [2.05, 4.69) is 0 Å². The molecule has 11 unspecified atom stereocenters. The second-order valence-corrected chi connectivity index (χ2v) is 11.9. The predicted octanol–water partition coefficient (Wildman–Crippen LogP) is 1.22. The van der Waals surface area contributed by atoms with Crippen molar-refractivity contribution in [1.82, 2.24) is 0 Å². The van der Waals surface area contributed by atoms with Crippen LogP contribution in [-0.4, -0.2) is 70.7 Å². The van der Waals surface area contributed by atoms with E-state index in [1.54, 1.807) is 34.6 Å². The first-order chi connectivity index (χ1) is 17.2. The smallest absolute Gasteiger partial charge is 0.331 e. The van der Waals surface area contributed by atoms with Gasteiger partial charge in [-0.1, -0.05) is 25.0 Å². The molecule has 11 atom stereocenters. The van der Waals surface area contributed by atoms with Gasteiger partial charge in [-0.3, -0.25) is 14.4 Å². The van der Waals surface area contributed by atoms with Crippen LogP contribution in [0.5, 0.6) is 0 Å². The van der Waals surface area contributed by atoms with Crippen molar-refractivity contribution >= 4 is 23.7 Å². The topological polar surface area (TPSA) is 146 Å². The van der Waals surface area contributed by atoms with Crippen molar-refractivity contribution in [3.8, 4) is 0 Å². The van der Waals surface area contributed by atoms with E-state index in [1.165, 1.54) is 19.1 Å². The number of carbonyl (C=O) groups excluding carboxylic acids is 4. The summed E-state index contributed by atoms with van der Waals surface area (Å²) in [6, 6.07) is 0. The zero-order chi connectivity index (χ0) is 27.2. The van der Waals surface area contributed by atoms with E-state index in [9.17, 15) is 29.4 Å². The quantitative estimate of drug-likeness (QED) is 0.318. The molecule has 37 heavy (non-hydrogen) atoms. The van der Waals surface area contributed by atoms with Gasteiger partial charge in [0.25, 0.3) is 0 Å². The third kappa shape index (κ3) is 3.28. The Morgan fingerprint density at radius 1 is 1.19 bits per heavy atom. The van der Waals surface area contributed by atoms with E-state index < -0.39 is 88.4 Å². The molecule has 2 aliphatic heterocycles. The van der Waals surface area contributed by atoms with Crippen LogP contribution in [0.25, 0.3) is 0 Å². The number of aliphatic hydroxyl groups is 2. The van der Waals surface area contributed by atoms with E-state index in [1.807, 2.05) is 0 Å². The normalized spacial score (nSPS) is 47.6. The van der Waals surface area contributed by atoms with E-state index in [4.69, 9.17) is 18.9 Å². The van der Waals surface area contributed by atoms with Crippen LogP contribution in [0.3, 0.4) is 0 Å². The SMILES string of the molecule is CC(=O)OC1C(=O)C=C(C)C2C(OC(=O)C=C(C)C)C3OC(=O)CC4C(C)C(O)C5(O)OCC43C5C12C. The zero-order valence-electron chi connectivity index (χ0n) is 21.8. The summed E-state index contributed by atoms with van der Waals surface area (Å²) < 4.78 is 23.6. The first-order valence-corrected chi connectivity index (χ1v) is 12.7. The number of ether oxygens (including phenoxy) is 4. The lowest BCUT2D eigenvalue weighted by Crippen LogP contribution is -2.79. The van der Waals surface area contributed by atoms with Crippen molar-refractivity contribution in [2.45, 2.75) is 78.2 Å². The van der Waals surface area contributed by atoms with E-state index in [-0.39, 0.29) is 13.0 Å². The van der Waals surface area contributed by atoms with Crippen LogP contribution in [0.2, 0.25) is 0 Å². The number of ketones is 1. The predicted molar refractivity (Wildman–Crippen MR) is 125 cm³/mol. The van der Waals surface area contributed by atoms with Crippen molar-refractivity contribution < 1.29 is 48.3 Å². The van der Waals surface area contributed by atoms with Gasteiger partial charge in [0.15, 0.2) is 17.7 Å². The van der Waals surface area contributed by atoms with Crippen LogP contribution in [-0.2, 0) is 38.1 Å². The summed E-state index contributed by atoms with van der Waals surface area (Å²) in [6.07, 6.45) is -2.18. The highest BCUT2D eigenvalue weighted by Crippen LogP contribution is 2.74. The molecule has 3 aliphatic carbocycles. The maximum Gasteiger partial charge on any atom is 0.331 e. The number of esters is 3. The summed E-state index contributed by atoms with van der Waals surface area (Å²) in [7, 11) is 0. The van der Waals surface area contributed by atoms with Gasteiger partial charge in [0, 0.05) is 42.1 Å². The number of rotatable bonds is 3. The van der Waals surface area contributed by atoms with Crippen LogP contribution >= 0.6 is 0 Å². The molecule has 2 bridgehead atoms. The molecule has 0 radical (unpaired) electrons. The van der Waals surface area contributed by atoms with Crippen LogP contribution in [0.15, 0.2) is 23.3 Å². The highest BCUT2D eigenvalue weighted by atomic mass is 16.7.